The van der Waals surface area contributed by atoms with Crippen LogP contribution in [0.25, 0.3) is 0 Å². The number of imide groups is 1. The Labute approximate surface area is 216 Å². The Morgan fingerprint density at radius 2 is 1.50 bits per heavy atom. The Hall–Kier alpha value is -4.50. The number of ether oxygens (including phenoxy) is 2. The van der Waals surface area contributed by atoms with Crippen molar-refractivity contribution in [3.05, 3.63) is 101 Å². The maximum absolute atomic E-state index is 13.9. The minimum absolute atomic E-state index is 0.119. The SMILES string of the molecule is CCOC(=O)c1ccc(N2C(=O)[C@H]3[C@@H](c4ccc(F)cc4)OC4(C(=O)c5ccccc5C4=O)[C@H]3C2=O)cc1. The van der Waals surface area contributed by atoms with Crippen LogP contribution in [0.2, 0.25) is 0 Å². The van der Waals surface area contributed by atoms with E-state index < -0.39 is 58.7 Å². The highest BCUT2D eigenvalue weighted by Crippen LogP contribution is 2.57. The minimum atomic E-state index is -2.22. The van der Waals surface area contributed by atoms with Gasteiger partial charge in [0, 0.05) is 11.1 Å². The van der Waals surface area contributed by atoms with E-state index in [1.165, 1.54) is 60.7 Å². The number of rotatable bonds is 4. The van der Waals surface area contributed by atoms with E-state index in [4.69, 9.17) is 9.47 Å². The highest BCUT2D eigenvalue weighted by atomic mass is 19.1. The molecule has 0 aromatic heterocycles. The molecule has 1 spiro atoms. The van der Waals surface area contributed by atoms with Crippen LogP contribution < -0.4 is 4.90 Å². The van der Waals surface area contributed by atoms with Gasteiger partial charge < -0.3 is 9.47 Å². The fourth-order valence-corrected chi connectivity index (χ4v) is 5.69. The molecule has 2 amide bonds. The zero-order valence-corrected chi connectivity index (χ0v) is 20.1. The molecule has 3 atom stereocenters. The molecule has 1 aliphatic carbocycles. The van der Waals surface area contributed by atoms with E-state index in [1.807, 2.05) is 0 Å². The molecule has 9 heteroatoms. The summed E-state index contributed by atoms with van der Waals surface area (Å²) in [6, 6.07) is 17.1. The van der Waals surface area contributed by atoms with Crippen LogP contribution in [0.5, 0.6) is 0 Å². The molecule has 0 N–H and O–H groups in total. The van der Waals surface area contributed by atoms with Gasteiger partial charge in [0.2, 0.25) is 29.0 Å². The number of anilines is 1. The van der Waals surface area contributed by atoms with Gasteiger partial charge in [-0.05, 0) is 48.9 Å². The standard InChI is InChI=1S/C29H20FNO7/c1-2-37-28(36)16-9-13-18(14-10-16)31-26(34)21-22(27(31)35)29(38-23(21)15-7-11-17(30)12-8-15)24(32)19-5-3-4-6-20(19)25(29)33/h3-14,21-23H,2H2,1H3/t21-,22-,23-/m1/s1. The van der Waals surface area contributed by atoms with Crippen LogP contribution in [-0.2, 0) is 19.1 Å². The number of hydrogen-bond acceptors (Lipinski definition) is 7. The lowest BCUT2D eigenvalue weighted by Gasteiger charge is -2.27. The van der Waals surface area contributed by atoms with E-state index in [9.17, 15) is 28.4 Å². The molecule has 38 heavy (non-hydrogen) atoms. The lowest BCUT2D eigenvalue weighted by Crippen LogP contribution is -2.51. The molecular formula is C29H20FNO7. The average Bonchev–Trinajstić information content (AvgIpc) is 3.49. The molecule has 0 unspecified atom stereocenters. The van der Waals surface area contributed by atoms with Gasteiger partial charge in [-0.2, -0.15) is 0 Å². The molecule has 2 saturated heterocycles. The third-order valence-electron chi connectivity index (χ3n) is 7.35. The number of fused-ring (bicyclic) bond motifs is 3. The van der Waals surface area contributed by atoms with Gasteiger partial charge in [-0.1, -0.05) is 36.4 Å². The van der Waals surface area contributed by atoms with Crippen molar-refractivity contribution in [2.24, 2.45) is 11.8 Å². The molecule has 0 bridgehead atoms. The van der Waals surface area contributed by atoms with E-state index in [1.54, 1.807) is 19.1 Å². The molecule has 2 aliphatic heterocycles. The first-order valence-corrected chi connectivity index (χ1v) is 12.1. The summed E-state index contributed by atoms with van der Waals surface area (Å²) < 4.78 is 24.8. The van der Waals surface area contributed by atoms with Crippen molar-refractivity contribution in [3.8, 4) is 0 Å². The molecule has 6 rings (SSSR count). The fourth-order valence-electron chi connectivity index (χ4n) is 5.69. The Balaban J connectivity index is 1.46. The summed E-state index contributed by atoms with van der Waals surface area (Å²) in [4.78, 5) is 68.2. The smallest absolute Gasteiger partial charge is 0.338 e. The number of hydrogen-bond donors (Lipinski definition) is 0. The number of esters is 1. The summed E-state index contributed by atoms with van der Waals surface area (Å²) in [5.41, 5.74) is -1.22. The summed E-state index contributed by atoms with van der Waals surface area (Å²) in [5, 5.41) is 0. The lowest BCUT2D eigenvalue weighted by molar-refractivity contribution is -0.127. The number of ketones is 2. The van der Waals surface area contributed by atoms with Crippen molar-refractivity contribution in [1.29, 1.82) is 0 Å². The normalized spacial score (nSPS) is 23.2. The maximum Gasteiger partial charge on any atom is 0.338 e. The van der Waals surface area contributed by atoms with Gasteiger partial charge in [-0.3, -0.25) is 19.2 Å². The third-order valence-corrected chi connectivity index (χ3v) is 7.35. The fraction of sp³-hybridized carbons (Fsp3) is 0.207. The number of Topliss-reactive ketones (excluding diaryl/α,β-unsaturated/α-hetero) is 2. The van der Waals surface area contributed by atoms with Crippen LogP contribution >= 0.6 is 0 Å². The highest BCUT2D eigenvalue weighted by molar-refractivity contribution is 6.37. The quantitative estimate of drug-likeness (QED) is 0.298. The lowest BCUT2D eigenvalue weighted by atomic mass is 9.77. The highest BCUT2D eigenvalue weighted by Gasteiger charge is 2.74. The van der Waals surface area contributed by atoms with E-state index in [2.05, 4.69) is 0 Å². The Morgan fingerprint density at radius 3 is 2.08 bits per heavy atom. The number of benzene rings is 3. The van der Waals surface area contributed by atoms with Crippen LogP contribution in [0, 0.1) is 17.7 Å². The van der Waals surface area contributed by atoms with Gasteiger partial charge >= 0.3 is 5.97 Å². The second-order valence-corrected chi connectivity index (χ2v) is 9.31. The zero-order chi connectivity index (χ0) is 26.8. The first-order valence-electron chi connectivity index (χ1n) is 12.1. The van der Waals surface area contributed by atoms with Crippen molar-refractivity contribution in [2.45, 2.75) is 18.6 Å². The van der Waals surface area contributed by atoms with Crippen LogP contribution in [0.3, 0.4) is 0 Å². The molecule has 3 aromatic carbocycles. The van der Waals surface area contributed by atoms with Gasteiger partial charge in [0.05, 0.1) is 35.8 Å². The first kappa shape index (κ1) is 23.9. The summed E-state index contributed by atoms with van der Waals surface area (Å²) in [6.07, 6.45) is -1.15. The third kappa shape index (κ3) is 3.15. The number of amides is 2. The van der Waals surface area contributed by atoms with Crippen molar-refractivity contribution in [1.82, 2.24) is 0 Å². The van der Waals surface area contributed by atoms with E-state index in [0.29, 0.717) is 5.56 Å². The molecule has 2 fully saturated rings. The molecule has 0 radical (unpaired) electrons. The van der Waals surface area contributed by atoms with Crippen molar-refractivity contribution in [2.75, 3.05) is 11.5 Å². The molecule has 3 aliphatic rings. The Morgan fingerprint density at radius 1 is 0.895 bits per heavy atom. The number of carbonyl (C=O) groups excluding carboxylic acids is 5. The van der Waals surface area contributed by atoms with Crippen LogP contribution in [0.4, 0.5) is 10.1 Å². The van der Waals surface area contributed by atoms with Crippen molar-refractivity contribution in [3.63, 3.8) is 0 Å². The van der Waals surface area contributed by atoms with Crippen LogP contribution in [0.15, 0.2) is 72.8 Å². The molecule has 8 nitrogen and oxygen atoms in total. The largest absolute Gasteiger partial charge is 0.462 e. The molecule has 0 saturated carbocycles. The van der Waals surface area contributed by atoms with Gasteiger partial charge in [-0.15, -0.1) is 0 Å². The minimum Gasteiger partial charge on any atom is -0.462 e. The second kappa shape index (κ2) is 8.53. The van der Waals surface area contributed by atoms with E-state index in [0.717, 1.165) is 4.90 Å². The van der Waals surface area contributed by atoms with Gasteiger partial charge in [0.1, 0.15) is 5.82 Å². The van der Waals surface area contributed by atoms with Crippen LogP contribution in [-0.4, -0.2) is 41.6 Å². The van der Waals surface area contributed by atoms with Gasteiger partial charge in [0.15, 0.2) is 0 Å². The first-order chi connectivity index (χ1) is 18.3. The number of carbonyl (C=O) groups is 5. The molecule has 190 valence electrons. The maximum atomic E-state index is 13.9. The van der Waals surface area contributed by atoms with Gasteiger partial charge in [0.25, 0.3) is 0 Å². The second-order valence-electron chi connectivity index (χ2n) is 9.31. The Kier molecular flexibility index (Phi) is 5.36. The van der Waals surface area contributed by atoms with E-state index in [-0.39, 0.29) is 29.0 Å². The molecular weight excluding hydrogens is 493 g/mol. The predicted molar refractivity (Wildman–Crippen MR) is 130 cm³/mol. The van der Waals surface area contributed by atoms with Crippen molar-refractivity contribution >= 4 is 35.0 Å². The van der Waals surface area contributed by atoms with Crippen LogP contribution in [0.1, 0.15) is 49.7 Å². The monoisotopic (exact) mass is 513 g/mol. The molecule has 3 aromatic rings. The summed E-state index contributed by atoms with van der Waals surface area (Å²) >= 11 is 0. The topological polar surface area (TPSA) is 107 Å². The number of halogens is 1. The van der Waals surface area contributed by atoms with Gasteiger partial charge in [-0.25, -0.2) is 14.1 Å². The zero-order valence-electron chi connectivity index (χ0n) is 20.1. The van der Waals surface area contributed by atoms with E-state index >= 15 is 0 Å². The number of nitrogens with zero attached hydrogens (tertiary/aromatic N) is 1. The van der Waals surface area contributed by atoms with Crippen molar-refractivity contribution < 1.29 is 37.8 Å². The average molecular weight is 513 g/mol. The summed E-state index contributed by atoms with van der Waals surface area (Å²) in [7, 11) is 0. The predicted octanol–water partition coefficient (Wildman–Crippen LogP) is 3.70. The Bertz CT molecular complexity index is 1490. The summed E-state index contributed by atoms with van der Waals surface area (Å²) in [6.45, 7) is 1.86. The molecule has 2 heterocycles. The summed E-state index contributed by atoms with van der Waals surface area (Å²) in [5.74, 6) is -6.50.